The molecule has 9 unspecified atom stereocenters. The largest absolute Gasteiger partial charge is 0.501 e. The van der Waals surface area contributed by atoms with Crippen molar-refractivity contribution in [3.05, 3.63) is 0 Å². The van der Waals surface area contributed by atoms with E-state index in [2.05, 4.69) is 67.6 Å². The van der Waals surface area contributed by atoms with E-state index >= 15 is 0 Å². The van der Waals surface area contributed by atoms with Crippen molar-refractivity contribution in [1.82, 2.24) is 5.32 Å². The van der Waals surface area contributed by atoms with Gasteiger partial charge in [-0.05, 0) is 105 Å². The van der Waals surface area contributed by atoms with Crippen LogP contribution in [0.1, 0.15) is 127 Å². The Kier molecular flexibility index (Phi) is 14.6. The molecule has 242 valence electrons. The van der Waals surface area contributed by atoms with E-state index in [0.29, 0.717) is 59.8 Å². The quantitative estimate of drug-likeness (QED) is 0.147. The summed E-state index contributed by atoms with van der Waals surface area (Å²) in [5.41, 5.74) is 5.81. The van der Waals surface area contributed by atoms with Gasteiger partial charge in [-0.3, -0.25) is 0 Å². The summed E-state index contributed by atoms with van der Waals surface area (Å²) in [5.74, 6) is 5.68. The maximum atomic E-state index is 7.60. The van der Waals surface area contributed by atoms with Crippen LogP contribution in [-0.4, -0.2) is 46.8 Å². The van der Waals surface area contributed by atoms with Gasteiger partial charge in [-0.25, -0.2) is 0 Å². The molecule has 0 heterocycles. The Morgan fingerprint density at radius 2 is 0.976 bits per heavy atom. The summed E-state index contributed by atoms with van der Waals surface area (Å²) in [6, 6.07) is 0.908. The van der Waals surface area contributed by atoms with E-state index in [9.17, 15) is 0 Å². The van der Waals surface area contributed by atoms with Crippen LogP contribution < -0.4 is 11.1 Å². The Labute approximate surface area is 256 Å². The van der Waals surface area contributed by atoms with Gasteiger partial charge < -0.3 is 24.3 Å². The SMILES string of the molecule is CC1CCC(C(C)C)C(O[Si](CCCNCCN)(OC2CC(C)CCC2C(C)C)OC2CC(C)CCC2C(C)C)C1. The lowest BCUT2D eigenvalue weighted by molar-refractivity contribution is -0.0956. The lowest BCUT2D eigenvalue weighted by Gasteiger charge is -2.48. The summed E-state index contributed by atoms with van der Waals surface area (Å²) < 4.78 is 22.8. The first-order valence-corrected chi connectivity index (χ1v) is 19.8. The molecule has 3 saturated carbocycles. The highest BCUT2D eigenvalue weighted by molar-refractivity contribution is 6.60. The molecule has 0 spiro atoms. The van der Waals surface area contributed by atoms with Crippen molar-refractivity contribution >= 4 is 8.80 Å². The summed E-state index contributed by atoms with van der Waals surface area (Å²) in [6.07, 6.45) is 12.9. The fraction of sp³-hybridized carbons (Fsp3) is 1.00. The summed E-state index contributed by atoms with van der Waals surface area (Å²) in [7, 11) is -3.04. The van der Waals surface area contributed by atoms with Gasteiger partial charge in [0.1, 0.15) is 0 Å². The van der Waals surface area contributed by atoms with Crippen LogP contribution >= 0.6 is 0 Å². The highest BCUT2D eigenvalue weighted by Crippen LogP contribution is 2.44. The molecule has 6 heteroatoms. The second kappa shape index (κ2) is 16.9. The molecular weight excluding hydrogens is 524 g/mol. The number of hydrogen-bond acceptors (Lipinski definition) is 5. The number of nitrogens with two attached hydrogens (primary N) is 1. The molecule has 3 N–H and O–H groups in total. The summed E-state index contributed by atoms with van der Waals surface area (Å²) >= 11 is 0. The third kappa shape index (κ3) is 10.6. The zero-order valence-corrected chi connectivity index (χ0v) is 29.6. The molecule has 41 heavy (non-hydrogen) atoms. The monoisotopic (exact) mass is 595 g/mol. The average molecular weight is 595 g/mol. The van der Waals surface area contributed by atoms with E-state index in [4.69, 9.17) is 19.0 Å². The van der Waals surface area contributed by atoms with Gasteiger partial charge in [0.05, 0.1) is 18.3 Å². The van der Waals surface area contributed by atoms with Gasteiger partial charge in [0.25, 0.3) is 0 Å². The Bertz CT molecular complexity index is 651. The molecule has 3 aliphatic carbocycles. The summed E-state index contributed by atoms with van der Waals surface area (Å²) in [5, 5.41) is 3.55. The molecular formula is C35H70N2O3Si. The van der Waals surface area contributed by atoms with Crippen LogP contribution in [-0.2, 0) is 13.3 Å². The Hall–Kier alpha value is 0.0169. The minimum Gasteiger partial charge on any atom is -0.370 e. The maximum absolute atomic E-state index is 7.60. The Balaban J connectivity index is 2.00. The smallest absolute Gasteiger partial charge is 0.370 e. The molecule has 0 amide bonds. The molecule has 0 aromatic heterocycles. The molecule has 0 saturated heterocycles. The zero-order valence-electron chi connectivity index (χ0n) is 28.6. The van der Waals surface area contributed by atoms with Gasteiger partial charge in [0.2, 0.25) is 0 Å². The van der Waals surface area contributed by atoms with Crippen molar-refractivity contribution in [3.63, 3.8) is 0 Å². The summed E-state index contributed by atoms with van der Waals surface area (Å²) in [6.45, 7) is 24.1. The van der Waals surface area contributed by atoms with Crippen LogP contribution in [0.3, 0.4) is 0 Å². The first kappa shape index (κ1) is 35.5. The van der Waals surface area contributed by atoms with Crippen LogP contribution in [0.25, 0.3) is 0 Å². The number of rotatable bonds is 15. The highest BCUT2D eigenvalue weighted by Gasteiger charge is 2.52. The van der Waals surface area contributed by atoms with E-state index < -0.39 is 8.80 Å². The predicted molar refractivity (Wildman–Crippen MR) is 176 cm³/mol. The third-order valence-electron chi connectivity index (χ3n) is 11.0. The fourth-order valence-electron chi connectivity index (χ4n) is 8.36. The van der Waals surface area contributed by atoms with E-state index in [0.717, 1.165) is 44.8 Å². The van der Waals surface area contributed by atoms with Gasteiger partial charge >= 0.3 is 8.80 Å². The Morgan fingerprint density at radius 3 is 1.29 bits per heavy atom. The summed E-state index contributed by atoms with van der Waals surface area (Å²) in [4.78, 5) is 0. The van der Waals surface area contributed by atoms with Crippen molar-refractivity contribution in [2.45, 2.75) is 151 Å². The fourth-order valence-corrected chi connectivity index (χ4v) is 11.7. The number of nitrogens with one attached hydrogen (secondary N) is 1. The average Bonchev–Trinajstić information content (AvgIpc) is 2.88. The molecule has 0 aromatic carbocycles. The minimum atomic E-state index is -3.04. The van der Waals surface area contributed by atoms with Crippen molar-refractivity contribution in [2.24, 2.45) is 59.0 Å². The lowest BCUT2D eigenvalue weighted by atomic mass is 9.75. The van der Waals surface area contributed by atoms with Gasteiger partial charge in [0.15, 0.2) is 0 Å². The molecule has 3 fully saturated rings. The molecule has 0 aliphatic heterocycles. The topological polar surface area (TPSA) is 65.7 Å². The predicted octanol–water partition coefficient (Wildman–Crippen LogP) is 8.30. The van der Waals surface area contributed by atoms with Crippen LogP contribution in [0.5, 0.6) is 0 Å². The highest BCUT2D eigenvalue weighted by atomic mass is 28.4. The van der Waals surface area contributed by atoms with Crippen molar-refractivity contribution in [1.29, 1.82) is 0 Å². The van der Waals surface area contributed by atoms with E-state index in [1.54, 1.807) is 0 Å². The molecule has 0 bridgehead atoms. The van der Waals surface area contributed by atoms with Crippen LogP contribution in [0, 0.1) is 53.3 Å². The van der Waals surface area contributed by atoms with Gasteiger partial charge in [-0.1, -0.05) is 81.6 Å². The van der Waals surface area contributed by atoms with Crippen LogP contribution in [0.2, 0.25) is 6.04 Å². The Morgan fingerprint density at radius 1 is 0.610 bits per heavy atom. The first-order valence-electron chi connectivity index (χ1n) is 17.9. The van der Waals surface area contributed by atoms with Crippen LogP contribution in [0.15, 0.2) is 0 Å². The maximum Gasteiger partial charge on any atom is 0.501 e. The molecule has 3 aliphatic rings. The second-order valence-electron chi connectivity index (χ2n) is 15.8. The van der Waals surface area contributed by atoms with Gasteiger partial charge in [-0.15, -0.1) is 0 Å². The van der Waals surface area contributed by atoms with E-state index in [1.807, 2.05) is 0 Å². The van der Waals surface area contributed by atoms with Crippen molar-refractivity contribution in [2.75, 3.05) is 19.6 Å². The minimum absolute atomic E-state index is 0.236. The number of hydrogen-bond donors (Lipinski definition) is 2. The van der Waals surface area contributed by atoms with E-state index in [-0.39, 0.29) is 18.3 Å². The first-order chi connectivity index (χ1) is 19.4. The lowest BCUT2D eigenvalue weighted by Crippen LogP contribution is -2.58. The standard InChI is InChI=1S/C35H70N2O3Si/c1-24(2)30-14-11-27(7)21-33(30)38-41(20-10-18-37-19-17-36,39-34-22-28(8)12-15-31(34)25(3)4)40-35-23-29(9)13-16-32(35)26(5)6/h24-35,37H,10-23,36H2,1-9H3. The van der Waals surface area contributed by atoms with Gasteiger partial charge in [-0.2, -0.15) is 0 Å². The molecule has 3 rings (SSSR count). The van der Waals surface area contributed by atoms with Crippen LogP contribution in [0.4, 0.5) is 0 Å². The third-order valence-corrected chi connectivity index (χ3v) is 14.0. The molecule has 5 nitrogen and oxygen atoms in total. The zero-order chi connectivity index (χ0) is 30.2. The van der Waals surface area contributed by atoms with Gasteiger partial charge in [0, 0.05) is 19.1 Å². The molecule has 0 aromatic rings. The molecule has 9 atom stereocenters. The van der Waals surface area contributed by atoms with Crippen molar-refractivity contribution in [3.8, 4) is 0 Å². The normalized spacial score (nSPS) is 36.7. The molecule has 0 radical (unpaired) electrons. The second-order valence-corrected chi connectivity index (χ2v) is 18.3. The van der Waals surface area contributed by atoms with E-state index in [1.165, 1.54) is 38.5 Å². The van der Waals surface area contributed by atoms with Crippen molar-refractivity contribution < 1.29 is 13.3 Å².